The van der Waals surface area contributed by atoms with E-state index in [-0.39, 0.29) is 27.3 Å². The van der Waals surface area contributed by atoms with E-state index in [0.717, 1.165) is 6.42 Å². The lowest BCUT2D eigenvalue weighted by atomic mass is 10.2. The summed E-state index contributed by atoms with van der Waals surface area (Å²) in [6.45, 7) is 4.08. The Hall–Kier alpha value is -3.51. The van der Waals surface area contributed by atoms with Gasteiger partial charge in [-0.3, -0.25) is 9.52 Å². The van der Waals surface area contributed by atoms with E-state index in [4.69, 9.17) is 0 Å². The van der Waals surface area contributed by atoms with Gasteiger partial charge in [-0.25, -0.2) is 31.5 Å². The number of amides is 1. The molecule has 0 spiro atoms. The van der Waals surface area contributed by atoms with E-state index >= 15 is 0 Å². The molecule has 1 aliphatic heterocycles. The van der Waals surface area contributed by atoms with Gasteiger partial charge in [0.2, 0.25) is 11.9 Å². The van der Waals surface area contributed by atoms with Gasteiger partial charge in [0.15, 0.2) is 0 Å². The lowest BCUT2D eigenvalue weighted by Crippen LogP contribution is -2.24. The zero-order valence-corrected chi connectivity index (χ0v) is 20.1. The number of aromatic nitrogens is 2. The molecule has 12 heteroatoms. The van der Waals surface area contributed by atoms with Crippen molar-refractivity contribution in [2.45, 2.75) is 36.5 Å². The van der Waals surface area contributed by atoms with Crippen LogP contribution in [0.5, 0.6) is 0 Å². The van der Waals surface area contributed by atoms with Crippen molar-refractivity contribution in [2.75, 3.05) is 20.9 Å². The summed E-state index contributed by atoms with van der Waals surface area (Å²) in [7, 11) is -7.88. The van der Waals surface area contributed by atoms with Crippen molar-refractivity contribution in [1.29, 1.82) is 0 Å². The van der Waals surface area contributed by atoms with E-state index in [1.807, 2.05) is 0 Å². The highest BCUT2D eigenvalue weighted by Gasteiger charge is 2.24. The second-order valence-corrected chi connectivity index (χ2v) is 11.2. The molecule has 0 aliphatic carbocycles. The lowest BCUT2D eigenvalue weighted by molar-refractivity contribution is -0.117. The molecule has 1 aromatic heterocycles. The van der Waals surface area contributed by atoms with E-state index in [2.05, 4.69) is 19.4 Å². The molecule has 1 amide bonds. The maximum absolute atomic E-state index is 12.9. The topological polar surface area (TPSA) is 138 Å². The SMILES string of the molecule is Cc1ccnc(NS(=O)(=O)c2ccc(NS(=O)(=O)c3ccc(N4CCCC4=O)c(C)c3)cc2)n1. The first-order chi connectivity index (χ1) is 16.0. The molecular weight excluding hydrogens is 478 g/mol. The van der Waals surface area contributed by atoms with E-state index in [0.29, 0.717) is 29.9 Å². The van der Waals surface area contributed by atoms with Crippen LogP contribution in [-0.4, -0.2) is 39.3 Å². The number of hydrogen-bond donors (Lipinski definition) is 2. The second kappa shape index (κ2) is 9.03. The first-order valence-corrected chi connectivity index (χ1v) is 13.4. The number of aryl methyl sites for hydroxylation is 2. The molecule has 0 radical (unpaired) electrons. The molecule has 4 rings (SSSR count). The Bertz CT molecular complexity index is 1460. The van der Waals surface area contributed by atoms with Crippen molar-refractivity contribution in [3.05, 3.63) is 66.0 Å². The Morgan fingerprint density at radius 1 is 0.882 bits per heavy atom. The zero-order valence-electron chi connectivity index (χ0n) is 18.5. The summed E-state index contributed by atoms with van der Waals surface area (Å²) >= 11 is 0. The van der Waals surface area contributed by atoms with Crippen LogP contribution in [0.2, 0.25) is 0 Å². The van der Waals surface area contributed by atoms with Crippen LogP contribution in [0.3, 0.4) is 0 Å². The predicted octanol–water partition coefficient (Wildman–Crippen LogP) is 2.82. The van der Waals surface area contributed by atoms with Crippen LogP contribution < -0.4 is 14.3 Å². The number of benzene rings is 2. The smallest absolute Gasteiger partial charge is 0.264 e. The van der Waals surface area contributed by atoms with E-state index in [1.165, 1.54) is 42.6 Å². The summed E-state index contributed by atoms with van der Waals surface area (Å²) in [5, 5.41) is 0. The molecule has 178 valence electrons. The van der Waals surface area contributed by atoms with Crippen molar-refractivity contribution < 1.29 is 21.6 Å². The van der Waals surface area contributed by atoms with Gasteiger partial charge in [0.05, 0.1) is 9.79 Å². The van der Waals surface area contributed by atoms with Crippen LogP contribution in [0.4, 0.5) is 17.3 Å². The standard InChI is InChI=1S/C22H23N5O5S2/c1-15-14-19(9-10-20(15)27-13-3-4-21(27)28)34(31,32)25-17-5-7-18(8-6-17)33(29,30)26-22-23-12-11-16(2)24-22/h5-12,14,25H,3-4,13H2,1-2H3,(H,23,24,26). The summed E-state index contributed by atoms with van der Waals surface area (Å²) in [4.78, 5) is 21.5. The van der Waals surface area contributed by atoms with Crippen LogP contribution in [0.15, 0.2) is 64.5 Å². The Morgan fingerprint density at radius 3 is 2.18 bits per heavy atom. The fraction of sp³-hybridized carbons (Fsp3) is 0.227. The Balaban J connectivity index is 1.50. The van der Waals surface area contributed by atoms with E-state index < -0.39 is 20.0 Å². The quantitative estimate of drug-likeness (QED) is 0.508. The molecular formula is C22H23N5O5S2. The van der Waals surface area contributed by atoms with Crippen molar-refractivity contribution in [2.24, 2.45) is 0 Å². The van der Waals surface area contributed by atoms with Gasteiger partial charge < -0.3 is 4.90 Å². The zero-order chi connectivity index (χ0) is 24.5. The van der Waals surface area contributed by atoms with Gasteiger partial charge >= 0.3 is 0 Å². The molecule has 10 nitrogen and oxygen atoms in total. The van der Waals surface area contributed by atoms with Crippen LogP contribution in [0.1, 0.15) is 24.1 Å². The fourth-order valence-corrected chi connectivity index (χ4v) is 5.69. The fourth-order valence-electron chi connectivity index (χ4n) is 3.59. The van der Waals surface area contributed by atoms with Gasteiger partial charge in [-0.05, 0) is 74.4 Å². The Kier molecular flexibility index (Phi) is 6.28. The van der Waals surface area contributed by atoms with E-state index in [1.54, 1.807) is 30.9 Å². The number of carbonyl (C=O) groups is 1. The molecule has 1 aliphatic rings. The minimum Gasteiger partial charge on any atom is -0.312 e. The van der Waals surface area contributed by atoms with Crippen LogP contribution in [0, 0.1) is 13.8 Å². The molecule has 2 heterocycles. The van der Waals surface area contributed by atoms with Gasteiger partial charge in [-0.2, -0.15) is 0 Å². The molecule has 1 fully saturated rings. The summed E-state index contributed by atoms with van der Waals surface area (Å²) in [6, 6.07) is 11.5. The highest BCUT2D eigenvalue weighted by Crippen LogP contribution is 2.28. The van der Waals surface area contributed by atoms with Gasteiger partial charge in [0, 0.05) is 36.2 Å². The Labute approximate surface area is 198 Å². The number of anilines is 3. The van der Waals surface area contributed by atoms with Crippen LogP contribution in [-0.2, 0) is 24.8 Å². The summed E-state index contributed by atoms with van der Waals surface area (Å²) < 4.78 is 55.6. The molecule has 2 N–H and O–H groups in total. The largest absolute Gasteiger partial charge is 0.312 e. The number of nitrogens with one attached hydrogen (secondary N) is 2. The van der Waals surface area contributed by atoms with Crippen molar-refractivity contribution >= 4 is 43.3 Å². The van der Waals surface area contributed by atoms with Crippen LogP contribution in [0.25, 0.3) is 0 Å². The number of carbonyl (C=O) groups excluding carboxylic acids is 1. The third-order valence-electron chi connectivity index (χ3n) is 5.28. The highest BCUT2D eigenvalue weighted by atomic mass is 32.2. The second-order valence-electron chi connectivity index (χ2n) is 7.85. The number of sulfonamides is 2. The maximum atomic E-state index is 12.9. The van der Waals surface area contributed by atoms with Gasteiger partial charge in [0.25, 0.3) is 20.0 Å². The summed E-state index contributed by atoms with van der Waals surface area (Å²) in [5.41, 5.74) is 2.17. The van der Waals surface area contributed by atoms with Gasteiger partial charge in [-0.15, -0.1) is 0 Å². The monoisotopic (exact) mass is 501 g/mol. The summed E-state index contributed by atoms with van der Waals surface area (Å²) in [6.07, 6.45) is 2.70. The van der Waals surface area contributed by atoms with Crippen LogP contribution >= 0.6 is 0 Å². The van der Waals surface area contributed by atoms with Crippen molar-refractivity contribution in [3.8, 4) is 0 Å². The number of nitrogens with zero attached hydrogens (tertiary/aromatic N) is 3. The number of hydrogen-bond acceptors (Lipinski definition) is 7. The first-order valence-electron chi connectivity index (χ1n) is 10.4. The molecule has 1 saturated heterocycles. The summed E-state index contributed by atoms with van der Waals surface area (Å²) in [5.74, 6) is -0.0328. The maximum Gasteiger partial charge on any atom is 0.264 e. The Morgan fingerprint density at radius 2 is 1.56 bits per heavy atom. The predicted molar refractivity (Wildman–Crippen MR) is 128 cm³/mol. The average molecular weight is 502 g/mol. The lowest BCUT2D eigenvalue weighted by Gasteiger charge is -2.19. The molecule has 0 atom stereocenters. The third-order valence-corrected chi connectivity index (χ3v) is 8.00. The minimum atomic E-state index is -3.95. The molecule has 34 heavy (non-hydrogen) atoms. The van der Waals surface area contributed by atoms with Crippen molar-refractivity contribution in [3.63, 3.8) is 0 Å². The third kappa shape index (κ3) is 5.02. The minimum absolute atomic E-state index is 0.0234. The van der Waals surface area contributed by atoms with Gasteiger partial charge in [-0.1, -0.05) is 0 Å². The first kappa shape index (κ1) is 23.6. The average Bonchev–Trinajstić information content (AvgIpc) is 3.19. The number of rotatable bonds is 7. The molecule has 0 bridgehead atoms. The normalized spacial score (nSPS) is 14.3. The van der Waals surface area contributed by atoms with Crippen molar-refractivity contribution in [1.82, 2.24) is 9.97 Å². The van der Waals surface area contributed by atoms with E-state index in [9.17, 15) is 21.6 Å². The molecule has 0 saturated carbocycles. The molecule has 0 unspecified atom stereocenters. The molecule has 3 aromatic rings. The van der Waals surface area contributed by atoms with Gasteiger partial charge in [0.1, 0.15) is 0 Å². The highest BCUT2D eigenvalue weighted by molar-refractivity contribution is 7.93. The molecule has 2 aromatic carbocycles.